The number of piperidine rings is 1. The highest BCUT2D eigenvalue weighted by molar-refractivity contribution is 6.01. The Kier molecular flexibility index (Phi) is 11.4. The fourth-order valence-electron chi connectivity index (χ4n) is 9.36. The number of benzene rings is 2. The number of imide groups is 1. The number of hydrogen-bond donors (Lipinski definition) is 2. The number of nitrogens with one attached hydrogen (secondary N) is 2. The van der Waals surface area contributed by atoms with Crippen molar-refractivity contribution in [2.24, 2.45) is 0 Å². The Balaban J connectivity index is 0.761. The van der Waals surface area contributed by atoms with Gasteiger partial charge in [-0.25, -0.2) is 9.97 Å². The van der Waals surface area contributed by atoms with Crippen molar-refractivity contribution in [2.75, 3.05) is 93.0 Å². The van der Waals surface area contributed by atoms with Crippen LogP contribution in [0.4, 0.5) is 28.8 Å². The van der Waals surface area contributed by atoms with Gasteiger partial charge < -0.3 is 29.5 Å². The third-order valence-electron chi connectivity index (χ3n) is 12.8. The van der Waals surface area contributed by atoms with Gasteiger partial charge in [0, 0.05) is 108 Å². The molecule has 2 N–H and O–H groups in total. The molecule has 1 saturated carbocycles. The smallest absolute Gasteiger partial charge is 0.270 e. The predicted molar refractivity (Wildman–Crippen MR) is 235 cm³/mol. The summed E-state index contributed by atoms with van der Waals surface area (Å²) in [6.45, 7) is 8.62. The lowest BCUT2D eigenvalue weighted by atomic mass is 9.89. The molecule has 9 rings (SSSR count). The van der Waals surface area contributed by atoms with Gasteiger partial charge in [-0.2, -0.15) is 4.98 Å². The Hall–Kier alpha value is -6.02. The van der Waals surface area contributed by atoms with E-state index in [9.17, 15) is 14.4 Å². The summed E-state index contributed by atoms with van der Waals surface area (Å²) in [7, 11) is 3.58. The maximum Gasteiger partial charge on any atom is 0.270 e. The zero-order chi connectivity index (χ0) is 41.2. The van der Waals surface area contributed by atoms with Gasteiger partial charge in [0.05, 0.1) is 17.8 Å². The molecule has 0 spiro atoms. The second kappa shape index (κ2) is 17.3. The molecule has 312 valence electrons. The van der Waals surface area contributed by atoms with Crippen LogP contribution in [0.2, 0.25) is 0 Å². The minimum atomic E-state index is -0.243. The number of amides is 3. The number of rotatable bonds is 11. The molecule has 6 heterocycles. The van der Waals surface area contributed by atoms with Crippen LogP contribution >= 0.6 is 0 Å². The molecule has 1 unspecified atom stereocenters. The lowest BCUT2D eigenvalue weighted by Crippen LogP contribution is -2.47. The number of hydrogen-bond acceptors (Lipinski definition) is 11. The summed E-state index contributed by atoms with van der Waals surface area (Å²) in [6.07, 6.45) is 10.0. The zero-order valence-corrected chi connectivity index (χ0v) is 34.7. The monoisotopic (exact) mass is 809 g/mol. The Bertz CT molecular complexity index is 2340. The van der Waals surface area contributed by atoms with Crippen LogP contribution in [-0.4, -0.2) is 120 Å². The summed E-state index contributed by atoms with van der Waals surface area (Å²) < 4.78 is 2.13. The van der Waals surface area contributed by atoms with E-state index in [0.29, 0.717) is 30.3 Å². The lowest BCUT2D eigenvalue weighted by Gasteiger charge is -2.39. The highest BCUT2D eigenvalue weighted by Crippen LogP contribution is 2.35. The molecule has 4 aliphatic rings. The molecule has 60 heavy (non-hydrogen) atoms. The average molecular weight is 810 g/mol. The van der Waals surface area contributed by atoms with Crippen molar-refractivity contribution in [3.63, 3.8) is 0 Å². The van der Waals surface area contributed by atoms with Gasteiger partial charge in [-0.1, -0.05) is 43.2 Å². The molecule has 14 heteroatoms. The molecule has 14 nitrogen and oxygen atoms in total. The number of piperazine rings is 2. The Morgan fingerprint density at radius 3 is 2.17 bits per heavy atom. The first-order chi connectivity index (χ1) is 29.3. The van der Waals surface area contributed by atoms with Crippen LogP contribution in [0.3, 0.4) is 0 Å². The van der Waals surface area contributed by atoms with Gasteiger partial charge in [0.15, 0.2) is 0 Å². The van der Waals surface area contributed by atoms with Crippen molar-refractivity contribution in [1.82, 2.24) is 34.6 Å². The topological polar surface area (TPSA) is 135 Å². The molecule has 3 saturated heterocycles. The number of anilines is 5. The third kappa shape index (κ3) is 8.51. The van der Waals surface area contributed by atoms with Gasteiger partial charge in [-0.3, -0.25) is 24.6 Å². The molecule has 1 aliphatic carbocycles. The van der Waals surface area contributed by atoms with E-state index in [4.69, 9.17) is 9.97 Å². The summed E-state index contributed by atoms with van der Waals surface area (Å²) in [5.74, 6) is 0.526. The van der Waals surface area contributed by atoms with E-state index in [1.54, 1.807) is 25.2 Å². The van der Waals surface area contributed by atoms with Crippen LogP contribution in [0.15, 0.2) is 79.1 Å². The van der Waals surface area contributed by atoms with E-state index < -0.39 is 0 Å². The molecule has 0 radical (unpaired) electrons. The van der Waals surface area contributed by atoms with Crippen molar-refractivity contribution in [3.05, 3.63) is 95.9 Å². The maximum absolute atomic E-state index is 13.1. The summed E-state index contributed by atoms with van der Waals surface area (Å²) in [5.41, 5.74) is 7.32. The van der Waals surface area contributed by atoms with Gasteiger partial charge in [-0.05, 0) is 73.2 Å². The molecule has 2 aromatic carbocycles. The van der Waals surface area contributed by atoms with Crippen molar-refractivity contribution in [2.45, 2.75) is 56.9 Å². The number of carbonyl (C=O) groups is 3. The first-order valence-corrected chi connectivity index (χ1v) is 21.6. The van der Waals surface area contributed by atoms with Crippen LogP contribution in [0.1, 0.15) is 72.1 Å². The highest BCUT2D eigenvalue weighted by Gasteiger charge is 2.29. The number of aromatic nitrogens is 4. The van der Waals surface area contributed by atoms with Crippen molar-refractivity contribution in [3.8, 4) is 0 Å². The molecule has 3 amide bonds. The zero-order valence-electron chi connectivity index (χ0n) is 34.7. The van der Waals surface area contributed by atoms with Crippen LogP contribution in [0.5, 0.6) is 0 Å². The molecule has 1 atom stereocenters. The maximum atomic E-state index is 13.1. The average Bonchev–Trinajstić information content (AvgIpc) is 3.94. The summed E-state index contributed by atoms with van der Waals surface area (Å²) in [5, 5.41) is 6.66. The molecule has 5 aromatic rings. The van der Waals surface area contributed by atoms with Crippen molar-refractivity contribution >= 4 is 57.6 Å². The SMILES string of the molecule is CN(C)C(=O)c1cc2cnc(Nc3ccc(N4CCN(c5cccc(N6CCN(CCc7cccc(C8CCC(=O)NC8=O)c7)CC6)c5)CC4)cn3)nc2n1C1CCCC1. The fourth-order valence-corrected chi connectivity index (χ4v) is 9.36. The second-order valence-electron chi connectivity index (χ2n) is 16.9. The van der Waals surface area contributed by atoms with Gasteiger partial charge in [-0.15, -0.1) is 0 Å². The van der Waals surface area contributed by atoms with Gasteiger partial charge >= 0.3 is 0 Å². The van der Waals surface area contributed by atoms with E-state index in [-0.39, 0.29) is 29.7 Å². The summed E-state index contributed by atoms with van der Waals surface area (Å²) in [4.78, 5) is 62.9. The largest absolute Gasteiger partial charge is 0.369 e. The summed E-state index contributed by atoms with van der Waals surface area (Å²) >= 11 is 0. The van der Waals surface area contributed by atoms with Crippen LogP contribution in [0.25, 0.3) is 11.0 Å². The van der Waals surface area contributed by atoms with Crippen LogP contribution < -0.4 is 25.3 Å². The molecular formula is C46H55N11O3. The van der Waals surface area contributed by atoms with Gasteiger partial charge in [0.1, 0.15) is 17.2 Å². The molecule has 0 bridgehead atoms. The Labute approximate surface area is 351 Å². The standard InChI is InChI=1S/C46H55N11O3/c1-52(2)45(60)40-28-34-30-48-46(51-43(34)57(40)35-9-3-4-10-35)49-41-15-13-38(31-47-41)56-25-23-55(24-26-56)37-12-6-11-36(29-37)54-21-19-53(20-22-54)18-17-32-7-5-8-33(27-32)39-14-16-42(58)50-44(39)59/h5-8,11-13,15,27-31,35,39H,3-4,9-10,14,16-26H2,1-2H3,(H,50,58,59)(H,47,48,49,51). The third-order valence-corrected chi connectivity index (χ3v) is 12.8. The van der Waals surface area contributed by atoms with Crippen molar-refractivity contribution < 1.29 is 14.4 Å². The normalized spacial score (nSPS) is 19.2. The van der Waals surface area contributed by atoms with E-state index in [1.807, 2.05) is 30.5 Å². The van der Waals surface area contributed by atoms with Gasteiger partial charge in [0.2, 0.25) is 17.8 Å². The number of carbonyl (C=O) groups excluding carboxylic acids is 3. The van der Waals surface area contributed by atoms with Crippen molar-refractivity contribution in [1.29, 1.82) is 0 Å². The van der Waals surface area contributed by atoms with E-state index in [1.165, 1.54) is 16.9 Å². The Morgan fingerprint density at radius 2 is 1.48 bits per heavy atom. The highest BCUT2D eigenvalue weighted by atomic mass is 16.2. The van der Waals surface area contributed by atoms with Crippen LogP contribution in [-0.2, 0) is 16.0 Å². The number of nitrogens with zero attached hydrogens (tertiary/aromatic N) is 9. The molecule has 3 aromatic heterocycles. The minimum Gasteiger partial charge on any atom is -0.369 e. The first-order valence-electron chi connectivity index (χ1n) is 21.6. The molecule has 3 aliphatic heterocycles. The fraction of sp³-hybridized carbons (Fsp3) is 0.435. The second-order valence-corrected chi connectivity index (χ2v) is 16.9. The van der Waals surface area contributed by atoms with Crippen LogP contribution in [0, 0.1) is 0 Å². The number of pyridine rings is 1. The van der Waals surface area contributed by atoms with E-state index in [2.05, 4.69) is 82.2 Å². The summed E-state index contributed by atoms with van der Waals surface area (Å²) in [6, 6.07) is 23.6. The van der Waals surface area contributed by atoms with E-state index >= 15 is 0 Å². The van der Waals surface area contributed by atoms with Gasteiger partial charge in [0.25, 0.3) is 5.91 Å². The first kappa shape index (κ1) is 39.4. The lowest BCUT2D eigenvalue weighted by molar-refractivity contribution is -0.134. The number of fused-ring (bicyclic) bond motifs is 1. The Morgan fingerprint density at radius 1 is 0.783 bits per heavy atom. The molecular weight excluding hydrogens is 755 g/mol. The minimum absolute atomic E-state index is 0.0196. The quantitative estimate of drug-likeness (QED) is 0.162. The van der Waals surface area contributed by atoms with E-state index in [0.717, 1.165) is 113 Å². The molecule has 4 fully saturated rings. The predicted octanol–water partition coefficient (Wildman–Crippen LogP) is 5.60.